The molecule has 2 aliphatic rings. The van der Waals surface area contributed by atoms with Crippen molar-refractivity contribution in [2.45, 2.75) is 44.4 Å². The van der Waals surface area contributed by atoms with Crippen LogP contribution in [0.25, 0.3) is 0 Å². The van der Waals surface area contributed by atoms with Gasteiger partial charge in [-0.3, -0.25) is 9.59 Å². The van der Waals surface area contributed by atoms with Crippen molar-refractivity contribution < 1.29 is 19.1 Å². The van der Waals surface area contributed by atoms with Crippen LogP contribution in [0.5, 0.6) is 11.5 Å². The molecular weight excluding hydrogens is 378 g/mol. The average Bonchev–Trinajstić information content (AvgIpc) is 2.77. The second-order valence-corrected chi connectivity index (χ2v) is 7.92. The minimum Gasteiger partial charge on any atom is -0.497 e. The molecule has 2 unspecified atom stereocenters. The predicted octanol–water partition coefficient (Wildman–Crippen LogP) is 4.49. The SMILES string of the molecule is CCCOc1ccc(C2CC(=O)C3=C(C2)NC(=O)CC3c2cccc(OC)c2)cc1. The highest BCUT2D eigenvalue weighted by Gasteiger charge is 2.38. The lowest BCUT2D eigenvalue weighted by molar-refractivity contribution is -0.122. The van der Waals surface area contributed by atoms with Crippen LogP contribution in [0.1, 0.15) is 55.6 Å². The first kappa shape index (κ1) is 20.2. The van der Waals surface area contributed by atoms with Crippen molar-refractivity contribution >= 4 is 11.7 Å². The van der Waals surface area contributed by atoms with Crippen LogP contribution in [0.3, 0.4) is 0 Å². The Morgan fingerprint density at radius 2 is 1.77 bits per heavy atom. The number of carbonyl (C=O) groups is 2. The molecule has 1 N–H and O–H groups in total. The molecule has 4 rings (SSSR count). The fourth-order valence-electron chi connectivity index (χ4n) is 4.39. The van der Waals surface area contributed by atoms with Crippen LogP contribution < -0.4 is 14.8 Å². The topological polar surface area (TPSA) is 64.6 Å². The minimum absolute atomic E-state index is 0.0432. The molecule has 5 nitrogen and oxygen atoms in total. The number of hydrogen-bond donors (Lipinski definition) is 1. The Morgan fingerprint density at radius 3 is 2.50 bits per heavy atom. The van der Waals surface area contributed by atoms with Crippen LogP contribution in [0.2, 0.25) is 0 Å². The monoisotopic (exact) mass is 405 g/mol. The molecule has 0 fully saturated rings. The summed E-state index contributed by atoms with van der Waals surface area (Å²) in [6.07, 6.45) is 2.35. The third-order valence-electron chi connectivity index (χ3n) is 5.86. The van der Waals surface area contributed by atoms with Gasteiger partial charge < -0.3 is 14.8 Å². The van der Waals surface area contributed by atoms with Crippen LogP contribution in [0, 0.1) is 0 Å². The Morgan fingerprint density at radius 1 is 0.967 bits per heavy atom. The van der Waals surface area contributed by atoms with Gasteiger partial charge in [0.15, 0.2) is 5.78 Å². The summed E-state index contributed by atoms with van der Waals surface area (Å²) in [5.41, 5.74) is 3.56. The summed E-state index contributed by atoms with van der Waals surface area (Å²) in [5.74, 6) is 1.47. The van der Waals surface area contributed by atoms with E-state index in [0.29, 0.717) is 19.4 Å². The lowest BCUT2D eigenvalue weighted by atomic mass is 9.73. The lowest BCUT2D eigenvalue weighted by Gasteiger charge is -2.34. The first-order chi connectivity index (χ1) is 14.6. The smallest absolute Gasteiger partial charge is 0.225 e. The fraction of sp³-hybridized carbons (Fsp3) is 0.360. The number of Topliss-reactive ketones (excluding diaryl/α,β-unsaturated/α-hetero) is 1. The third kappa shape index (κ3) is 4.11. The molecule has 1 amide bonds. The van der Waals surface area contributed by atoms with E-state index in [1.165, 1.54) is 0 Å². The number of amides is 1. The molecule has 5 heteroatoms. The van der Waals surface area contributed by atoms with Gasteiger partial charge in [0.05, 0.1) is 13.7 Å². The minimum atomic E-state index is -0.220. The summed E-state index contributed by atoms with van der Waals surface area (Å²) in [7, 11) is 1.62. The van der Waals surface area contributed by atoms with Gasteiger partial charge in [0.1, 0.15) is 11.5 Å². The number of rotatable bonds is 6. The zero-order chi connectivity index (χ0) is 21.1. The molecule has 0 saturated heterocycles. The predicted molar refractivity (Wildman–Crippen MR) is 115 cm³/mol. The van der Waals surface area contributed by atoms with E-state index < -0.39 is 0 Å². The highest BCUT2D eigenvalue weighted by Crippen LogP contribution is 2.43. The van der Waals surface area contributed by atoms with Crippen LogP contribution in [-0.2, 0) is 9.59 Å². The number of hydrogen-bond acceptors (Lipinski definition) is 4. The summed E-state index contributed by atoms with van der Waals surface area (Å²) in [6.45, 7) is 2.76. The van der Waals surface area contributed by atoms with Gasteiger partial charge in [-0.1, -0.05) is 31.2 Å². The highest BCUT2D eigenvalue weighted by atomic mass is 16.5. The molecule has 1 aliphatic heterocycles. The molecule has 2 atom stereocenters. The molecule has 0 bridgehead atoms. The maximum Gasteiger partial charge on any atom is 0.225 e. The van der Waals surface area contributed by atoms with Crippen molar-refractivity contribution in [2.24, 2.45) is 0 Å². The third-order valence-corrected chi connectivity index (χ3v) is 5.86. The van der Waals surface area contributed by atoms with Crippen LogP contribution in [0.15, 0.2) is 59.8 Å². The largest absolute Gasteiger partial charge is 0.497 e. The Hall–Kier alpha value is -3.08. The number of benzene rings is 2. The van der Waals surface area contributed by atoms with Crippen molar-refractivity contribution in [1.82, 2.24) is 5.32 Å². The molecule has 30 heavy (non-hydrogen) atoms. The quantitative estimate of drug-likeness (QED) is 0.769. The Kier molecular flexibility index (Phi) is 5.88. The molecule has 0 aromatic heterocycles. The van der Waals surface area contributed by atoms with Crippen LogP contribution in [0.4, 0.5) is 0 Å². The maximum absolute atomic E-state index is 13.2. The van der Waals surface area contributed by atoms with E-state index >= 15 is 0 Å². The molecule has 2 aromatic carbocycles. The van der Waals surface area contributed by atoms with E-state index in [9.17, 15) is 9.59 Å². The van der Waals surface area contributed by atoms with E-state index in [-0.39, 0.29) is 29.9 Å². The summed E-state index contributed by atoms with van der Waals surface area (Å²) >= 11 is 0. The molecule has 2 aromatic rings. The fourth-order valence-corrected chi connectivity index (χ4v) is 4.39. The number of allylic oxidation sites excluding steroid dienone is 2. The molecule has 1 heterocycles. The zero-order valence-corrected chi connectivity index (χ0v) is 17.4. The highest BCUT2D eigenvalue weighted by molar-refractivity contribution is 6.02. The second-order valence-electron chi connectivity index (χ2n) is 7.92. The lowest BCUT2D eigenvalue weighted by Crippen LogP contribution is -2.38. The molecule has 0 saturated carbocycles. The van der Waals surface area contributed by atoms with Gasteiger partial charge in [-0.2, -0.15) is 0 Å². The second kappa shape index (κ2) is 8.74. The van der Waals surface area contributed by atoms with Crippen LogP contribution in [-0.4, -0.2) is 25.4 Å². The van der Waals surface area contributed by atoms with Crippen molar-refractivity contribution in [2.75, 3.05) is 13.7 Å². The summed E-state index contributed by atoms with van der Waals surface area (Å²) < 4.78 is 11.0. The van der Waals surface area contributed by atoms with Gasteiger partial charge in [0.2, 0.25) is 5.91 Å². The zero-order valence-electron chi connectivity index (χ0n) is 17.4. The first-order valence-electron chi connectivity index (χ1n) is 10.5. The molecule has 0 radical (unpaired) electrons. The van der Waals surface area contributed by atoms with Gasteiger partial charge in [0.25, 0.3) is 0 Å². The molecule has 0 spiro atoms. The van der Waals surface area contributed by atoms with Crippen molar-refractivity contribution in [3.8, 4) is 11.5 Å². The van der Waals surface area contributed by atoms with E-state index in [0.717, 1.165) is 40.3 Å². The molecule has 156 valence electrons. The standard InChI is InChI=1S/C25H27NO4/c1-3-11-30-19-9-7-16(8-10-19)18-13-22-25(23(27)14-18)21(15-24(28)26-22)17-5-4-6-20(12-17)29-2/h4-10,12,18,21H,3,11,13-15H2,1-2H3,(H,26,28). The maximum atomic E-state index is 13.2. The average molecular weight is 405 g/mol. The Labute approximate surface area is 177 Å². The Bertz CT molecular complexity index is 977. The summed E-state index contributed by atoms with van der Waals surface area (Å²) in [4.78, 5) is 25.6. The van der Waals surface area contributed by atoms with E-state index in [1.807, 2.05) is 48.5 Å². The molecule has 1 aliphatic carbocycles. The van der Waals surface area contributed by atoms with E-state index in [1.54, 1.807) is 7.11 Å². The van der Waals surface area contributed by atoms with Gasteiger partial charge in [-0.25, -0.2) is 0 Å². The summed E-state index contributed by atoms with van der Waals surface area (Å²) in [5, 5.41) is 2.98. The van der Waals surface area contributed by atoms with Gasteiger partial charge >= 0.3 is 0 Å². The van der Waals surface area contributed by atoms with E-state index in [4.69, 9.17) is 9.47 Å². The van der Waals surface area contributed by atoms with E-state index in [2.05, 4.69) is 12.2 Å². The van der Waals surface area contributed by atoms with Crippen molar-refractivity contribution in [3.05, 3.63) is 70.9 Å². The number of nitrogens with one attached hydrogen (secondary N) is 1. The number of carbonyl (C=O) groups excluding carboxylic acids is 2. The van der Waals surface area contributed by atoms with Gasteiger partial charge in [-0.15, -0.1) is 0 Å². The normalized spacial score (nSPS) is 21.1. The van der Waals surface area contributed by atoms with Crippen molar-refractivity contribution in [3.63, 3.8) is 0 Å². The number of methoxy groups -OCH3 is 1. The number of ether oxygens (including phenoxy) is 2. The Balaban J connectivity index is 1.61. The van der Waals surface area contributed by atoms with Crippen LogP contribution >= 0.6 is 0 Å². The summed E-state index contributed by atoms with van der Waals surface area (Å²) in [6, 6.07) is 15.6. The van der Waals surface area contributed by atoms with Crippen molar-refractivity contribution in [1.29, 1.82) is 0 Å². The van der Waals surface area contributed by atoms with Gasteiger partial charge in [-0.05, 0) is 54.2 Å². The molecular formula is C25H27NO4. The first-order valence-corrected chi connectivity index (χ1v) is 10.5. The van der Waals surface area contributed by atoms with Gasteiger partial charge in [0, 0.05) is 30.0 Å². The number of ketones is 1.